The third-order valence-corrected chi connectivity index (χ3v) is 5.70. The minimum Gasteiger partial charge on any atom is -0.457 e. The number of carbonyl (C=O) groups excluding carboxylic acids is 1. The molecule has 1 saturated heterocycles. The van der Waals surface area contributed by atoms with Gasteiger partial charge < -0.3 is 14.1 Å². The number of nitro benzene ring substituents is 1. The van der Waals surface area contributed by atoms with Crippen molar-refractivity contribution in [3.63, 3.8) is 0 Å². The highest BCUT2D eigenvalue weighted by Gasteiger charge is 2.23. The van der Waals surface area contributed by atoms with Crippen molar-refractivity contribution in [1.29, 1.82) is 0 Å². The Bertz CT molecular complexity index is 1220. The number of nitro groups is 1. The van der Waals surface area contributed by atoms with Crippen molar-refractivity contribution in [3.05, 3.63) is 79.7 Å². The van der Waals surface area contributed by atoms with E-state index in [1.165, 1.54) is 12.1 Å². The standard InChI is InChI=1S/C24H24N2O6/c1-16-6-8-19-18(14-23(27)32-22(19)12-16)15-31-24(28)17-7-9-20(21(13-17)26(29)30)25-10-4-2-3-5-11-25/h6-9,12-14H,2-5,10-11,15H2,1H3. The molecular weight excluding hydrogens is 412 g/mol. The lowest BCUT2D eigenvalue weighted by atomic mass is 10.1. The fraction of sp³-hybridized carbons (Fsp3) is 0.333. The van der Waals surface area contributed by atoms with Crippen LogP contribution in [-0.2, 0) is 11.3 Å². The number of fused-ring (bicyclic) bond motifs is 1. The van der Waals surface area contributed by atoms with Crippen LogP contribution in [0, 0.1) is 17.0 Å². The van der Waals surface area contributed by atoms with Crippen LogP contribution in [0.2, 0.25) is 0 Å². The lowest BCUT2D eigenvalue weighted by Crippen LogP contribution is -2.24. The van der Waals surface area contributed by atoms with Gasteiger partial charge in [-0.25, -0.2) is 9.59 Å². The summed E-state index contributed by atoms with van der Waals surface area (Å²) < 4.78 is 10.6. The van der Waals surface area contributed by atoms with E-state index in [4.69, 9.17) is 9.15 Å². The number of aryl methyl sites for hydroxylation is 1. The Morgan fingerprint density at radius 1 is 1.09 bits per heavy atom. The summed E-state index contributed by atoms with van der Waals surface area (Å²) in [6.45, 7) is 3.25. The van der Waals surface area contributed by atoms with Gasteiger partial charge in [-0.2, -0.15) is 0 Å². The number of nitrogens with zero attached hydrogens (tertiary/aromatic N) is 2. The van der Waals surface area contributed by atoms with E-state index < -0.39 is 16.5 Å². The summed E-state index contributed by atoms with van der Waals surface area (Å²) >= 11 is 0. The number of esters is 1. The number of ether oxygens (including phenoxy) is 1. The van der Waals surface area contributed by atoms with E-state index >= 15 is 0 Å². The summed E-state index contributed by atoms with van der Waals surface area (Å²) in [5.41, 5.74) is 1.84. The number of benzene rings is 2. The maximum absolute atomic E-state index is 12.7. The number of anilines is 1. The maximum Gasteiger partial charge on any atom is 0.338 e. The number of rotatable bonds is 5. The Morgan fingerprint density at radius 2 is 1.84 bits per heavy atom. The van der Waals surface area contributed by atoms with Crippen molar-refractivity contribution in [2.75, 3.05) is 18.0 Å². The Hall–Kier alpha value is -3.68. The van der Waals surface area contributed by atoms with E-state index in [9.17, 15) is 19.7 Å². The minimum atomic E-state index is -0.691. The van der Waals surface area contributed by atoms with Gasteiger partial charge >= 0.3 is 11.6 Å². The first-order valence-corrected chi connectivity index (χ1v) is 10.7. The van der Waals surface area contributed by atoms with Crippen LogP contribution in [-0.4, -0.2) is 24.0 Å². The van der Waals surface area contributed by atoms with E-state index in [0.717, 1.165) is 44.3 Å². The van der Waals surface area contributed by atoms with Crippen LogP contribution in [0.15, 0.2) is 51.7 Å². The summed E-state index contributed by atoms with van der Waals surface area (Å²) in [6.07, 6.45) is 4.20. The van der Waals surface area contributed by atoms with Gasteiger partial charge in [0.2, 0.25) is 0 Å². The summed E-state index contributed by atoms with van der Waals surface area (Å²) in [5, 5.41) is 12.4. The molecule has 32 heavy (non-hydrogen) atoms. The molecule has 0 radical (unpaired) electrons. The summed E-state index contributed by atoms with van der Waals surface area (Å²) in [5.74, 6) is -0.691. The Morgan fingerprint density at radius 3 is 2.56 bits per heavy atom. The van der Waals surface area contributed by atoms with Gasteiger partial charge in [-0.3, -0.25) is 10.1 Å². The van der Waals surface area contributed by atoms with Crippen LogP contribution in [0.4, 0.5) is 11.4 Å². The van der Waals surface area contributed by atoms with Gasteiger partial charge in [0.25, 0.3) is 5.69 Å². The van der Waals surface area contributed by atoms with Gasteiger partial charge in [0.05, 0.1) is 10.5 Å². The normalized spacial score (nSPS) is 14.2. The number of hydrogen-bond acceptors (Lipinski definition) is 7. The molecule has 0 saturated carbocycles. The Balaban J connectivity index is 1.56. The summed E-state index contributed by atoms with van der Waals surface area (Å²) in [7, 11) is 0. The topological polar surface area (TPSA) is 103 Å². The predicted octanol–water partition coefficient (Wildman–Crippen LogP) is 4.75. The first kappa shape index (κ1) is 21.5. The SMILES string of the molecule is Cc1ccc2c(COC(=O)c3ccc(N4CCCCCC4)c([N+](=O)[O-])c3)cc(=O)oc2c1. The molecule has 1 aromatic heterocycles. The van der Waals surface area contributed by atoms with E-state index in [-0.39, 0.29) is 17.9 Å². The highest BCUT2D eigenvalue weighted by Crippen LogP contribution is 2.31. The first-order chi connectivity index (χ1) is 15.4. The zero-order valence-corrected chi connectivity index (χ0v) is 17.8. The van der Waals surface area contributed by atoms with E-state index in [0.29, 0.717) is 22.2 Å². The second kappa shape index (κ2) is 9.21. The quantitative estimate of drug-likeness (QED) is 0.246. The van der Waals surface area contributed by atoms with Gasteiger partial charge in [0.1, 0.15) is 17.9 Å². The molecule has 0 N–H and O–H groups in total. The molecule has 1 fully saturated rings. The molecule has 0 spiro atoms. The van der Waals surface area contributed by atoms with Crippen molar-refractivity contribution in [2.24, 2.45) is 0 Å². The lowest BCUT2D eigenvalue weighted by Gasteiger charge is -2.22. The first-order valence-electron chi connectivity index (χ1n) is 10.7. The average molecular weight is 436 g/mol. The predicted molar refractivity (Wildman–Crippen MR) is 120 cm³/mol. The highest BCUT2D eigenvalue weighted by atomic mass is 16.6. The highest BCUT2D eigenvalue weighted by molar-refractivity contribution is 5.91. The summed E-state index contributed by atoms with van der Waals surface area (Å²) in [6, 6.07) is 11.1. The van der Waals surface area contributed by atoms with Crippen molar-refractivity contribution in [2.45, 2.75) is 39.2 Å². The fourth-order valence-electron chi connectivity index (χ4n) is 4.06. The van der Waals surface area contributed by atoms with Crippen LogP contribution in [0.1, 0.15) is 47.2 Å². The van der Waals surface area contributed by atoms with E-state index in [2.05, 4.69) is 0 Å². The molecule has 0 unspecified atom stereocenters. The molecule has 1 aliphatic heterocycles. The second-order valence-electron chi connectivity index (χ2n) is 8.03. The minimum absolute atomic E-state index is 0.0957. The van der Waals surface area contributed by atoms with Crippen LogP contribution in [0.5, 0.6) is 0 Å². The lowest BCUT2D eigenvalue weighted by molar-refractivity contribution is -0.384. The third-order valence-electron chi connectivity index (χ3n) is 5.70. The van der Waals surface area contributed by atoms with Crippen LogP contribution >= 0.6 is 0 Å². The molecule has 2 heterocycles. The van der Waals surface area contributed by atoms with Gasteiger partial charge in [0.15, 0.2) is 0 Å². The van der Waals surface area contributed by atoms with E-state index in [1.807, 2.05) is 17.9 Å². The molecule has 2 aromatic carbocycles. The van der Waals surface area contributed by atoms with Crippen LogP contribution in [0.3, 0.4) is 0 Å². The molecule has 8 nitrogen and oxygen atoms in total. The van der Waals surface area contributed by atoms with Gasteiger partial charge in [-0.05, 0) is 43.5 Å². The molecule has 0 aliphatic carbocycles. The van der Waals surface area contributed by atoms with Crippen LogP contribution in [0.25, 0.3) is 11.0 Å². The second-order valence-corrected chi connectivity index (χ2v) is 8.03. The fourth-order valence-corrected chi connectivity index (χ4v) is 4.06. The largest absolute Gasteiger partial charge is 0.457 e. The molecule has 166 valence electrons. The number of hydrogen-bond donors (Lipinski definition) is 0. The number of carbonyl (C=O) groups is 1. The molecule has 1 aliphatic rings. The zero-order valence-electron chi connectivity index (χ0n) is 17.8. The van der Waals surface area contributed by atoms with Crippen molar-refractivity contribution in [3.8, 4) is 0 Å². The zero-order chi connectivity index (χ0) is 22.7. The van der Waals surface area contributed by atoms with Gasteiger partial charge in [0, 0.05) is 36.2 Å². The summed E-state index contributed by atoms with van der Waals surface area (Å²) in [4.78, 5) is 37.8. The third kappa shape index (κ3) is 4.64. The van der Waals surface area contributed by atoms with Gasteiger partial charge in [-0.1, -0.05) is 25.0 Å². The van der Waals surface area contributed by atoms with Crippen molar-refractivity contribution >= 4 is 28.3 Å². The van der Waals surface area contributed by atoms with Crippen LogP contribution < -0.4 is 10.5 Å². The maximum atomic E-state index is 12.7. The van der Waals surface area contributed by atoms with Crippen molar-refractivity contribution in [1.82, 2.24) is 0 Å². The molecule has 8 heteroatoms. The van der Waals surface area contributed by atoms with Crippen molar-refractivity contribution < 1.29 is 18.9 Å². The molecule has 4 rings (SSSR count). The molecular formula is C24H24N2O6. The molecule has 3 aromatic rings. The van der Waals surface area contributed by atoms with E-state index in [1.54, 1.807) is 24.3 Å². The molecule has 0 amide bonds. The Labute approximate surface area is 184 Å². The average Bonchev–Trinajstić information content (AvgIpc) is 3.06. The smallest absolute Gasteiger partial charge is 0.338 e. The monoisotopic (exact) mass is 436 g/mol. The van der Waals surface area contributed by atoms with Gasteiger partial charge in [-0.15, -0.1) is 0 Å². The molecule has 0 bridgehead atoms. The Kier molecular flexibility index (Phi) is 6.20. The molecule has 0 atom stereocenters.